The average Bonchev–Trinajstić information content (AvgIpc) is 2.13. The van der Waals surface area contributed by atoms with E-state index in [1.807, 2.05) is 0 Å². The molecule has 0 atom stereocenters. The average molecular weight is 153 g/mol. The summed E-state index contributed by atoms with van der Waals surface area (Å²) in [5.41, 5.74) is 5.29. The number of hydrogen-bond acceptors (Lipinski definition) is 3. The molecule has 5 heteroatoms. The molecular weight excluding hydrogens is 146 g/mol. The monoisotopic (exact) mass is 153 g/mol. The predicted molar refractivity (Wildman–Crippen MR) is 39.8 cm³/mol. The van der Waals surface area contributed by atoms with Crippen LogP contribution in [0.1, 0.15) is 0 Å². The first-order valence-electron chi connectivity index (χ1n) is 2.89. The second-order valence-electron chi connectivity index (χ2n) is 1.86. The van der Waals surface area contributed by atoms with Crippen molar-refractivity contribution in [1.29, 1.82) is 0 Å². The minimum atomic E-state index is -1.07. The Balaban J connectivity index is 2.79. The Labute approximate surface area is 63.1 Å². The molecule has 0 aromatic heterocycles. The zero-order valence-electron chi connectivity index (χ0n) is 5.64. The molecule has 3 N–H and O–H groups in total. The molecular formula is C6H7N3O2. The molecule has 1 aliphatic heterocycles. The number of hydrogen-bond donors (Lipinski definition) is 2. The smallest absolute Gasteiger partial charge is 0.415 e. The van der Waals surface area contributed by atoms with Gasteiger partial charge in [-0.2, -0.15) is 0 Å². The lowest BCUT2D eigenvalue weighted by atomic mass is 10.5. The standard InChI is InChI=1S/C6H7N3O2/c7-5-1-3-9(6(10)11)4-2-8-5/h1-4H,(H2,7,8)(H,10,11). The van der Waals surface area contributed by atoms with Crippen molar-refractivity contribution in [2.24, 2.45) is 10.7 Å². The van der Waals surface area contributed by atoms with Crippen molar-refractivity contribution in [3.05, 3.63) is 24.7 Å². The minimum absolute atomic E-state index is 0.282. The fraction of sp³-hybridized carbons (Fsp3) is 0. The summed E-state index contributed by atoms with van der Waals surface area (Å²) in [5, 5.41) is 8.48. The number of carbonyl (C=O) groups is 1. The van der Waals surface area contributed by atoms with Gasteiger partial charge in [-0.3, -0.25) is 4.90 Å². The maximum atomic E-state index is 10.3. The van der Waals surface area contributed by atoms with Gasteiger partial charge < -0.3 is 10.8 Å². The zero-order valence-corrected chi connectivity index (χ0v) is 5.64. The number of amides is 1. The number of amidine groups is 1. The largest absolute Gasteiger partial charge is 0.464 e. The summed E-state index contributed by atoms with van der Waals surface area (Å²) in [4.78, 5) is 15.0. The third kappa shape index (κ3) is 1.82. The third-order valence-electron chi connectivity index (χ3n) is 1.08. The van der Waals surface area contributed by atoms with E-state index in [0.717, 1.165) is 4.90 Å². The molecule has 1 rings (SSSR count). The summed E-state index contributed by atoms with van der Waals surface area (Å²) in [6.45, 7) is 0. The SMILES string of the molecule is NC1=NC=CN(C(=O)O)C=C1. The van der Waals surface area contributed by atoms with Crippen LogP contribution in [0, 0.1) is 0 Å². The molecule has 5 nitrogen and oxygen atoms in total. The van der Waals surface area contributed by atoms with E-state index in [1.54, 1.807) is 0 Å². The summed E-state index contributed by atoms with van der Waals surface area (Å²) in [6, 6.07) is 0. The van der Waals surface area contributed by atoms with Gasteiger partial charge in [-0.05, 0) is 6.08 Å². The van der Waals surface area contributed by atoms with Gasteiger partial charge in [0.25, 0.3) is 0 Å². The van der Waals surface area contributed by atoms with Crippen LogP contribution < -0.4 is 5.73 Å². The Bertz CT molecular complexity index is 255. The van der Waals surface area contributed by atoms with Crippen molar-refractivity contribution in [2.75, 3.05) is 0 Å². The predicted octanol–water partition coefficient (Wildman–Crippen LogP) is 0.322. The Kier molecular flexibility index (Phi) is 1.91. The summed E-state index contributed by atoms with van der Waals surface area (Å²) in [6.07, 6.45) is 4.29. The lowest BCUT2D eigenvalue weighted by Gasteiger charge is -2.04. The van der Waals surface area contributed by atoms with E-state index >= 15 is 0 Å². The Hall–Kier alpha value is -1.78. The lowest BCUT2D eigenvalue weighted by Crippen LogP contribution is -2.17. The van der Waals surface area contributed by atoms with Gasteiger partial charge in [0.1, 0.15) is 5.84 Å². The van der Waals surface area contributed by atoms with Crippen molar-refractivity contribution < 1.29 is 9.90 Å². The number of rotatable bonds is 0. The van der Waals surface area contributed by atoms with Gasteiger partial charge in [-0.15, -0.1) is 0 Å². The van der Waals surface area contributed by atoms with Crippen molar-refractivity contribution >= 4 is 11.9 Å². The number of carboxylic acid groups (broad SMARTS) is 1. The molecule has 0 bridgehead atoms. The van der Waals surface area contributed by atoms with Crippen LogP contribution in [-0.4, -0.2) is 21.9 Å². The highest BCUT2D eigenvalue weighted by atomic mass is 16.4. The van der Waals surface area contributed by atoms with E-state index < -0.39 is 6.09 Å². The maximum absolute atomic E-state index is 10.3. The summed E-state index contributed by atoms with van der Waals surface area (Å²) >= 11 is 0. The van der Waals surface area contributed by atoms with Crippen LogP contribution in [0.2, 0.25) is 0 Å². The molecule has 0 aromatic rings. The van der Waals surface area contributed by atoms with E-state index in [4.69, 9.17) is 10.8 Å². The van der Waals surface area contributed by atoms with E-state index in [-0.39, 0.29) is 5.84 Å². The van der Waals surface area contributed by atoms with Crippen LogP contribution in [0.3, 0.4) is 0 Å². The molecule has 0 saturated heterocycles. The number of aliphatic imine (C=N–C) groups is 1. The van der Waals surface area contributed by atoms with Crippen molar-refractivity contribution in [2.45, 2.75) is 0 Å². The van der Waals surface area contributed by atoms with Gasteiger partial charge in [-0.1, -0.05) is 0 Å². The molecule has 0 radical (unpaired) electrons. The Morgan fingerprint density at radius 1 is 1.64 bits per heavy atom. The van der Waals surface area contributed by atoms with Crippen LogP contribution in [0.25, 0.3) is 0 Å². The normalized spacial score (nSPS) is 16.0. The molecule has 0 saturated carbocycles. The van der Waals surface area contributed by atoms with Gasteiger partial charge in [0.05, 0.1) is 0 Å². The van der Waals surface area contributed by atoms with Gasteiger partial charge in [-0.25, -0.2) is 9.79 Å². The molecule has 0 aliphatic carbocycles. The first-order chi connectivity index (χ1) is 5.20. The van der Waals surface area contributed by atoms with Gasteiger partial charge >= 0.3 is 6.09 Å². The van der Waals surface area contributed by atoms with Crippen LogP contribution >= 0.6 is 0 Å². The second-order valence-corrected chi connectivity index (χ2v) is 1.86. The zero-order chi connectivity index (χ0) is 8.27. The highest BCUT2D eigenvalue weighted by molar-refractivity contribution is 5.92. The first-order valence-corrected chi connectivity index (χ1v) is 2.89. The van der Waals surface area contributed by atoms with Gasteiger partial charge in [0.2, 0.25) is 0 Å². The summed E-state index contributed by atoms with van der Waals surface area (Å²) < 4.78 is 0. The van der Waals surface area contributed by atoms with Gasteiger partial charge in [0, 0.05) is 18.6 Å². The first kappa shape index (κ1) is 7.33. The fourth-order valence-corrected chi connectivity index (χ4v) is 0.568. The summed E-state index contributed by atoms with van der Waals surface area (Å²) in [5.74, 6) is 0.282. The highest BCUT2D eigenvalue weighted by Gasteiger charge is 2.04. The number of nitrogens with zero attached hydrogens (tertiary/aromatic N) is 2. The van der Waals surface area contributed by atoms with Crippen molar-refractivity contribution in [1.82, 2.24) is 4.90 Å². The molecule has 0 unspecified atom stereocenters. The molecule has 1 aliphatic rings. The molecule has 58 valence electrons. The molecule has 1 amide bonds. The molecule has 0 spiro atoms. The van der Waals surface area contributed by atoms with Crippen LogP contribution in [-0.2, 0) is 0 Å². The van der Waals surface area contributed by atoms with Crippen LogP contribution in [0.4, 0.5) is 4.79 Å². The number of nitrogens with two attached hydrogens (primary N) is 1. The molecule has 1 heterocycles. The molecule has 0 aromatic carbocycles. The van der Waals surface area contributed by atoms with E-state index in [0.29, 0.717) is 0 Å². The lowest BCUT2D eigenvalue weighted by molar-refractivity contribution is 0.175. The van der Waals surface area contributed by atoms with E-state index in [2.05, 4.69) is 4.99 Å². The quantitative estimate of drug-likeness (QED) is 0.526. The van der Waals surface area contributed by atoms with Crippen molar-refractivity contribution in [3.63, 3.8) is 0 Å². The minimum Gasteiger partial charge on any atom is -0.464 e. The topological polar surface area (TPSA) is 78.9 Å². The Morgan fingerprint density at radius 2 is 2.36 bits per heavy atom. The van der Waals surface area contributed by atoms with E-state index in [1.165, 1.54) is 24.7 Å². The third-order valence-corrected chi connectivity index (χ3v) is 1.08. The fourth-order valence-electron chi connectivity index (χ4n) is 0.568. The molecule has 11 heavy (non-hydrogen) atoms. The maximum Gasteiger partial charge on any atom is 0.415 e. The second kappa shape index (κ2) is 2.87. The highest BCUT2D eigenvalue weighted by Crippen LogP contribution is 1.96. The van der Waals surface area contributed by atoms with Crippen LogP contribution in [0.15, 0.2) is 29.7 Å². The molecule has 0 fully saturated rings. The Morgan fingerprint density at radius 3 is 3.00 bits per heavy atom. The summed E-state index contributed by atoms with van der Waals surface area (Å²) in [7, 11) is 0. The van der Waals surface area contributed by atoms with Crippen LogP contribution in [0.5, 0.6) is 0 Å². The van der Waals surface area contributed by atoms with Gasteiger partial charge in [0.15, 0.2) is 0 Å². The van der Waals surface area contributed by atoms with Crippen molar-refractivity contribution in [3.8, 4) is 0 Å². The van der Waals surface area contributed by atoms with E-state index in [9.17, 15) is 4.79 Å².